The van der Waals surface area contributed by atoms with Crippen LogP contribution in [0.15, 0.2) is 54.1 Å². The number of rotatable bonds is 4. The number of hydrogen-bond acceptors (Lipinski definition) is 4. The minimum Gasteiger partial charge on any atom is -0.495 e. The van der Waals surface area contributed by atoms with Crippen LogP contribution in [0.25, 0.3) is 0 Å². The quantitative estimate of drug-likeness (QED) is 0.572. The number of imide groups is 1. The van der Waals surface area contributed by atoms with Crippen LogP contribution in [0.1, 0.15) is 23.7 Å². The minimum atomic E-state index is -0.390. The van der Waals surface area contributed by atoms with Crippen LogP contribution >= 0.6 is 11.6 Å². The lowest BCUT2D eigenvalue weighted by Gasteiger charge is -2.19. The van der Waals surface area contributed by atoms with Crippen LogP contribution in [0.4, 0.5) is 11.4 Å². The van der Waals surface area contributed by atoms with E-state index in [0.717, 1.165) is 6.42 Å². The zero-order valence-corrected chi connectivity index (χ0v) is 17.8. The van der Waals surface area contributed by atoms with Gasteiger partial charge in [0.05, 0.1) is 30.3 Å². The lowest BCUT2D eigenvalue weighted by Crippen LogP contribution is -2.33. The second-order valence-electron chi connectivity index (χ2n) is 8.33. The third-order valence-corrected chi connectivity index (χ3v) is 6.89. The SMILES string of the molecule is COc1ccc(Cl)cc1NC(=O)c1cccc(N2C(=O)[C@@H]3[C@H](C2=O)[C@@H]2C[C@@H]3C=C2C)c1. The summed E-state index contributed by atoms with van der Waals surface area (Å²) in [6.07, 6.45) is 3.03. The Morgan fingerprint density at radius 3 is 2.68 bits per heavy atom. The number of benzene rings is 2. The fourth-order valence-corrected chi connectivity index (χ4v) is 5.46. The Labute approximate surface area is 184 Å². The predicted octanol–water partition coefficient (Wildman–Crippen LogP) is 4.30. The molecule has 6 nitrogen and oxygen atoms in total. The van der Waals surface area contributed by atoms with Crippen molar-refractivity contribution in [2.75, 3.05) is 17.3 Å². The van der Waals surface area contributed by atoms with Gasteiger partial charge in [-0.1, -0.05) is 29.3 Å². The number of carbonyl (C=O) groups is 3. The number of nitrogens with one attached hydrogen (secondary N) is 1. The van der Waals surface area contributed by atoms with Crippen LogP contribution in [0.3, 0.4) is 0 Å². The topological polar surface area (TPSA) is 75.7 Å². The van der Waals surface area contributed by atoms with Gasteiger partial charge in [-0.05, 0) is 61.6 Å². The maximum atomic E-state index is 13.2. The molecule has 0 unspecified atom stereocenters. The Kier molecular flexibility index (Phi) is 4.63. The first kappa shape index (κ1) is 19.8. The molecule has 158 valence electrons. The molecule has 2 fully saturated rings. The molecule has 5 rings (SSSR count). The van der Waals surface area contributed by atoms with Crippen molar-refractivity contribution in [2.45, 2.75) is 13.3 Å². The number of allylic oxidation sites excluding steroid dienone is 2. The zero-order valence-electron chi connectivity index (χ0n) is 17.1. The van der Waals surface area contributed by atoms with Crippen molar-refractivity contribution >= 4 is 40.7 Å². The van der Waals surface area contributed by atoms with Gasteiger partial charge in [-0.25, -0.2) is 4.90 Å². The first-order chi connectivity index (χ1) is 14.9. The first-order valence-corrected chi connectivity index (χ1v) is 10.6. The Hall–Kier alpha value is -3.12. The Morgan fingerprint density at radius 2 is 1.90 bits per heavy atom. The molecule has 0 radical (unpaired) electrons. The van der Waals surface area contributed by atoms with E-state index in [1.165, 1.54) is 17.6 Å². The second kappa shape index (κ2) is 7.24. The minimum absolute atomic E-state index is 0.137. The van der Waals surface area contributed by atoms with Crippen molar-refractivity contribution in [1.29, 1.82) is 0 Å². The molecule has 2 aromatic rings. The lowest BCUT2D eigenvalue weighted by molar-refractivity contribution is -0.123. The maximum Gasteiger partial charge on any atom is 0.255 e. The molecule has 3 aliphatic rings. The van der Waals surface area contributed by atoms with Crippen molar-refractivity contribution in [3.63, 3.8) is 0 Å². The molecule has 3 amide bonds. The van der Waals surface area contributed by atoms with Gasteiger partial charge in [0.15, 0.2) is 0 Å². The van der Waals surface area contributed by atoms with Crippen molar-refractivity contribution in [2.24, 2.45) is 23.7 Å². The van der Waals surface area contributed by atoms with Gasteiger partial charge < -0.3 is 10.1 Å². The van der Waals surface area contributed by atoms with Crippen LogP contribution in [-0.2, 0) is 9.59 Å². The van der Waals surface area contributed by atoms with Gasteiger partial charge >= 0.3 is 0 Å². The summed E-state index contributed by atoms with van der Waals surface area (Å²) in [6, 6.07) is 11.5. The highest BCUT2D eigenvalue weighted by atomic mass is 35.5. The average molecular weight is 437 g/mol. The molecule has 0 aromatic heterocycles. The largest absolute Gasteiger partial charge is 0.495 e. The number of hydrogen-bond donors (Lipinski definition) is 1. The van der Waals surface area contributed by atoms with E-state index in [0.29, 0.717) is 27.7 Å². The van der Waals surface area contributed by atoms with Crippen molar-refractivity contribution in [3.8, 4) is 5.75 Å². The van der Waals surface area contributed by atoms with E-state index in [9.17, 15) is 14.4 Å². The molecular weight excluding hydrogens is 416 g/mol. The fourth-order valence-electron chi connectivity index (χ4n) is 5.29. The third kappa shape index (κ3) is 3.05. The zero-order chi connectivity index (χ0) is 21.9. The molecule has 7 heteroatoms. The molecule has 0 spiro atoms. The standard InChI is InChI=1S/C24H21ClN2O4/c1-12-8-14-10-17(12)21-20(14)23(29)27(24(21)30)16-5-3-4-13(9-16)22(28)26-18-11-15(25)6-7-19(18)31-2/h3-9,11,14,17,20-21H,10H2,1-2H3,(H,26,28)/t14-,17+,20-,21+/m0/s1. The average Bonchev–Trinajstić information content (AvgIpc) is 3.38. The smallest absolute Gasteiger partial charge is 0.255 e. The van der Waals surface area contributed by atoms with Crippen molar-refractivity contribution in [1.82, 2.24) is 0 Å². The highest BCUT2D eigenvalue weighted by Gasteiger charge is 2.60. The van der Waals surface area contributed by atoms with Crippen LogP contribution in [-0.4, -0.2) is 24.8 Å². The summed E-state index contributed by atoms with van der Waals surface area (Å²) in [5.41, 5.74) is 2.39. The molecular formula is C24H21ClN2O4. The summed E-state index contributed by atoms with van der Waals surface area (Å²) in [6.45, 7) is 2.04. The van der Waals surface area contributed by atoms with Gasteiger partial charge in [-0.2, -0.15) is 0 Å². The van der Waals surface area contributed by atoms with Crippen LogP contribution in [0, 0.1) is 23.7 Å². The van der Waals surface area contributed by atoms with Gasteiger partial charge in [0.25, 0.3) is 5.91 Å². The second-order valence-corrected chi connectivity index (χ2v) is 8.77. The molecule has 1 aliphatic heterocycles. The van der Waals surface area contributed by atoms with Crippen molar-refractivity contribution in [3.05, 3.63) is 64.7 Å². The first-order valence-electron chi connectivity index (χ1n) is 10.2. The summed E-state index contributed by atoms with van der Waals surface area (Å²) in [7, 11) is 1.50. The molecule has 1 heterocycles. The van der Waals surface area contributed by atoms with Gasteiger partial charge in [0, 0.05) is 10.6 Å². The van der Waals surface area contributed by atoms with E-state index in [-0.39, 0.29) is 41.4 Å². The molecule has 31 heavy (non-hydrogen) atoms. The van der Waals surface area contributed by atoms with Crippen LogP contribution < -0.4 is 15.0 Å². The van der Waals surface area contributed by atoms with E-state index in [1.807, 2.05) is 6.92 Å². The Morgan fingerprint density at radius 1 is 1.13 bits per heavy atom. The number of nitrogens with zero attached hydrogens (tertiary/aromatic N) is 1. The summed E-state index contributed by atoms with van der Waals surface area (Å²) >= 11 is 6.04. The van der Waals surface area contributed by atoms with Gasteiger partial charge in [0.2, 0.25) is 11.8 Å². The van der Waals surface area contributed by atoms with Gasteiger partial charge in [0.1, 0.15) is 5.75 Å². The number of ether oxygens (including phenoxy) is 1. The molecule has 1 N–H and O–H groups in total. The molecule has 2 aliphatic carbocycles. The van der Waals surface area contributed by atoms with Gasteiger partial charge in [-0.15, -0.1) is 0 Å². The van der Waals surface area contributed by atoms with Crippen molar-refractivity contribution < 1.29 is 19.1 Å². The molecule has 1 saturated carbocycles. The summed E-state index contributed by atoms with van der Waals surface area (Å²) in [4.78, 5) is 40.4. The van der Waals surface area contributed by atoms with E-state index >= 15 is 0 Å². The highest BCUT2D eigenvalue weighted by Crippen LogP contribution is 2.55. The summed E-state index contributed by atoms with van der Waals surface area (Å²) in [5, 5.41) is 3.24. The number of fused-ring (bicyclic) bond motifs is 5. The van der Waals surface area contributed by atoms with E-state index in [2.05, 4.69) is 11.4 Å². The fraction of sp³-hybridized carbons (Fsp3) is 0.292. The van der Waals surface area contributed by atoms with Crippen LogP contribution in [0.5, 0.6) is 5.75 Å². The Balaban J connectivity index is 1.41. The monoisotopic (exact) mass is 436 g/mol. The number of methoxy groups -OCH3 is 1. The summed E-state index contributed by atoms with van der Waals surface area (Å²) in [5.74, 6) is -0.518. The molecule has 1 saturated heterocycles. The number of amides is 3. The van der Waals surface area contributed by atoms with Gasteiger partial charge in [-0.3, -0.25) is 14.4 Å². The number of anilines is 2. The number of halogens is 1. The predicted molar refractivity (Wildman–Crippen MR) is 117 cm³/mol. The van der Waals surface area contributed by atoms with E-state index < -0.39 is 0 Å². The van der Waals surface area contributed by atoms with E-state index in [4.69, 9.17) is 16.3 Å². The molecule has 4 atom stereocenters. The molecule has 2 bridgehead atoms. The number of carbonyl (C=O) groups excluding carboxylic acids is 3. The third-order valence-electron chi connectivity index (χ3n) is 6.66. The lowest BCUT2D eigenvalue weighted by atomic mass is 9.82. The normalized spacial score (nSPS) is 26.2. The van der Waals surface area contributed by atoms with E-state index in [1.54, 1.807) is 42.5 Å². The maximum absolute atomic E-state index is 13.2. The summed E-state index contributed by atoms with van der Waals surface area (Å²) < 4.78 is 5.27. The van der Waals surface area contributed by atoms with Crippen LogP contribution in [0.2, 0.25) is 5.02 Å². The molecule has 2 aromatic carbocycles. The highest BCUT2D eigenvalue weighted by molar-refractivity contribution is 6.31. The Bertz CT molecular complexity index is 1160.